The number of hydrogen-bond donors (Lipinski definition) is 1. The summed E-state index contributed by atoms with van der Waals surface area (Å²) in [6.07, 6.45) is 3.27. The largest absolute Gasteiger partial charge is 0.507 e. The topological polar surface area (TPSA) is 70.5 Å². The average molecular weight is 441 g/mol. The number of aliphatic hydroxyl groups excluding tert-OH is 1. The molecule has 1 fully saturated rings. The Morgan fingerprint density at radius 2 is 1.70 bits per heavy atom. The molecule has 5 heteroatoms. The number of carbonyl (C=O) groups is 2. The van der Waals surface area contributed by atoms with Crippen molar-refractivity contribution in [2.24, 2.45) is 0 Å². The van der Waals surface area contributed by atoms with Crippen molar-refractivity contribution in [1.82, 2.24) is 4.98 Å². The van der Waals surface area contributed by atoms with Crippen LogP contribution < -0.4 is 4.90 Å². The summed E-state index contributed by atoms with van der Waals surface area (Å²) in [6, 6.07) is 16.1. The fourth-order valence-corrected chi connectivity index (χ4v) is 4.15. The summed E-state index contributed by atoms with van der Waals surface area (Å²) >= 11 is 0. The molecule has 1 aliphatic rings. The summed E-state index contributed by atoms with van der Waals surface area (Å²) in [5.41, 5.74) is 4.63. The Kier molecular flexibility index (Phi) is 5.66. The van der Waals surface area contributed by atoms with Gasteiger partial charge in [-0.2, -0.15) is 0 Å². The van der Waals surface area contributed by atoms with E-state index in [-0.39, 0.29) is 16.7 Å². The lowest BCUT2D eigenvalue weighted by Crippen LogP contribution is -2.29. The Labute approximate surface area is 194 Å². The maximum Gasteiger partial charge on any atom is 0.300 e. The van der Waals surface area contributed by atoms with Crippen LogP contribution in [0.4, 0.5) is 5.69 Å². The Morgan fingerprint density at radius 1 is 1.00 bits per heavy atom. The molecule has 1 aliphatic heterocycles. The molecule has 1 amide bonds. The molecule has 1 unspecified atom stereocenters. The number of benzene rings is 2. The summed E-state index contributed by atoms with van der Waals surface area (Å²) in [5, 5.41) is 11.5. The first kappa shape index (κ1) is 22.5. The van der Waals surface area contributed by atoms with Gasteiger partial charge in [-0.1, -0.05) is 56.7 Å². The van der Waals surface area contributed by atoms with Gasteiger partial charge in [0, 0.05) is 23.6 Å². The van der Waals surface area contributed by atoms with E-state index in [2.05, 4.69) is 25.8 Å². The number of Topliss-reactive ketones (excluding diaryl/α,β-unsaturated/α-hetero) is 1. The summed E-state index contributed by atoms with van der Waals surface area (Å²) in [6.45, 7) is 10.1. The molecule has 1 N–H and O–H groups in total. The number of anilines is 1. The van der Waals surface area contributed by atoms with Gasteiger partial charge in [0.25, 0.3) is 11.7 Å². The Bertz CT molecular complexity index is 1250. The quantitative estimate of drug-likeness (QED) is 0.326. The maximum atomic E-state index is 13.3. The van der Waals surface area contributed by atoms with E-state index >= 15 is 0 Å². The van der Waals surface area contributed by atoms with Crippen LogP contribution in [0, 0.1) is 13.8 Å². The molecule has 1 aromatic heterocycles. The van der Waals surface area contributed by atoms with Gasteiger partial charge in [-0.25, -0.2) is 0 Å². The van der Waals surface area contributed by atoms with Crippen LogP contribution >= 0.6 is 0 Å². The second kappa shape index (κ2) is 8.32. The zero-order chi connectivity index (χ0) is 23.9. The van der Waals surface area contributed by atoms with Crippen molar-refractivity contribution >= 4 is 23.1 Å². The molecule has 1 atom stereocenters. The second-order valence-corrected chi connectivity index (χ2v) is 9.57. The van der Waals surface area contributed by atoms with E-state index < -0.39 is 17.7 Å². The predicted octanol–water partition coefficient (Wildman–Crippen LogP) is 5.62. The van der Waals surface area contributed by atoms with Gasteiger partial charge in [-0.15, -0.1) is 0 Å². The molecular weight excluding hydrogens is 412 g/mol. The number of amides is 1. The van der Waals surface area contributed by atoms with Crippen LogP contribution in [0.1, 0.15) is 54.6 Å². The fourth-order valence-electron chi connectivity index (χ4n) is 4.15. The van der Waals surface area contributed by atoms with E-state index in [1.807, 2.05) is 62.4 Å². The Hall–Kier alpha value is -3.73. The first-order chi connectivity index (χ1) is 15.6. The van der Waals surface area contributed by atoms with Gasteiger partial charge < -0.3 is 5.11 Å². The smallest absolute Gasteiger partial charge is 0.300 e. The molecule has 1 saturated heterocycles. The van der Waals surface area contributed by atoms with E-state index in [9.17, 15) is 14.7 Å². The highest BCUT2D eigenvalue weighted by Crippen LogP contribution is 2.42. The Balaban J connectivity index is 1.96. The molecule has 4 rings (SSSR count). The zero-order valence-electron chi connectivity index (χ0n) is 19.6. The van der Waals surface area contributed by atoms with E-state index in [0.29, 0.717) is 16.8 Å². The van der Waals surface area contributed by atoms with Crippen molar-refractivity contribution in [3.63, 3.8) is 0 Å². The minimum absolute atomic E-state index is 0.0720. The van der Waals surface area contributed by atoms with Gasteiger partial charge in [0.2, 0.25) is 0 Å². The highest BCUT2D eigenvalue weighted by Gasteiger charge is 2.47. The van der Waals surface area contributed by atoms with Crippen molar-refractivity contribution in [2.75, 3.05) is 4.90 Å². The van der Waals surface area contributed by atoms with Crippen LogP contribution in [0.2, 0.25) is 0 Å². The molecule has 0 spiro atoms. The van der Waals surface area contributed by atoms with Crippen LogP contribution in [-0.2, 0) is 15.0 Å². The molecular formula is C28H28N2O3. The number of rotatable bonds is 3. The van der Waals surface area contributed by atoms with E-state index in [1.54, 1.807) is 18.5 Å². The first-order valence-electron chi connectivity index (χ1n) is 11.0. The molecule has 0 bridgehead atoms. The van der Waals surface area contributed by atoms with Crippen molar-refractivity contribution in [3.8, 4) is 0 Å². The molecule has 3 aromatic rings. The number of ketones is 1. The van der Waals surface area contributed by atoms with Gasteiger partial charge in [0.1, 0.15) is 5.76 Å². The fraction of sp³-hybridized carbons (Fsp3) is 0.250. The van der Waals surface area contributed by atoms with Crippen LogP contribution in [0.15, 0.2) is 72.6 Å². The van der Waals surface area contributed by atoms with Gasteiger partial charge in [-0.3, -0.25) is 19.5 Å². The summed E-state index contributed by atoms with van der Waals surface area (Å²) in [5.74, 6) is -1.54. The van der Waals surface area contributed by atoms with Crippen molar-refractivity contribution < 1.29 is 14.7 Å². The molecule has 33 heavy (non-hydrogen) atoms. The van der Waals surface area contributed by atoms with Gasteiger partial charge >= 0.3 is 0 Å². The average Bonchev–Trinajstić information content (AvgIpc) is 3.05. The van der Waals surface area contributed by atoms with Crippen LogP contribution in [0.3, 0.4) is 0 Å². The van der Waals surface area contributed by atoms with E-state index in [4.69, 9.17) is 0 Å². The van der Waals surface area contributed by atoms with E-state index in [0.717, 1.165) is 16.7 Å². The molecule has 168 valence electrons. The van der Waals surface area contributed by atoms with Crippen molar-refractivity contribution in [2.45, 2.75) is 46.1 Å². The minimum Gasteiger partial charge on any atom is -0.507 e. The standard InChI is InChI=1S/C28H28N2O3/c1-17-8-12-21(13-9-17)30-24(19-7-6-14-29-16-19)23(26(32)27(30)33)25(31)22-15-20(28(3,4)5)11-10-18(22)2/h6-16,24,31H,1-5H3/b25-23+. The zero-order valence-corrected chi connectivity index (χ0v) is 19.6. The molecule has 2 heterocycles. The third kappa shape index (κ3) is 4.07. The lowest BCUT2D eigenvalue weighted by atomic mass is 9.84. The molecule has 5 nitrogen and oxygen atoms in total. The van der Waals surface area contributed by atoms with Crippen LogP contribution in [0.5, 0.6) is 0 Å². The number of carbonyl (C=O) groups excluding carboxylic acids is 2. The van der Waals surface area contributed by atoms with Crippen LogP contribution in [0.25, 0.3) is 5.76 Å². The number of aliphatic hydroxyl groups is 1. The molecule has 0 radical (unpaired) electrons. The van der Waals surface area contributed by atoms with Gasteiger partial charge in [0.15, 0.2) is 0 Å². The van der Waals surface area contributed by atoms with Crippen molar-refractivity contribution in [3.05, 3.63) is 100 Å². The SMILES string of the molecule is Cc1ccc(N2C(=O)C(=O)/C(=C(/O)c3cc(C(C)(C)C)ccc3C)C2c2cccnc2)cc1. The molecule has 0 saturated carbocycles. The van der Waals surface area contributed by atoms with Gasteiger partial charge in [0.05, 0.1) is 11.6 Å². The number of pyridine rings is 1. The summed E-state index contributed by atoms with van der Waals surface area (Å²) < 4.78 is 0. The van der Waals surface area contributed by atoms with Gasteiger partial charge in [-0.05, 0) is 60.2 Å². The number of hydrogen-bond acceptors (Lipinski definition) is 4. The monoisotopic (exact) mass is 440 g/mol. The van der Waals surface area contributed by atoms with Crippen LogP contribution in [-0.4, -0.2) is 21.8 Å². The lowest BCUT2D eigenvalue weighted by molar-refractivity contribution is -0.132. The molecule has 2 aromatic carbocycles. The third-order valence-electron chi connectivity index (χ3n) is 6.12. The minimum atomic E-state index is -0.779. The van der Waals surface area contributed by atoms with Crippen molar-refractivity contribution in [1.29, 1.82) is 0 Å². The maximum absolute atomic E-state index is 13.3. The second-order valence-electron chi connectivity index (χ2n) is 9.57. The normalized spacial score (nSPS) is 18.1. The summed E-state index contributed by atoms with van der Waals surface area (Å²) in [4.78, 5) is 32.2. The molecule has 0 aliphatic carbocycles. The number of aromatic nitrogens is 1. The summed E-state index contributed by atoms with van der Waals surface area (Å²) in [7, 11) is 0. The highest BCUT2D eigenvalue weighted by molar-refractivity contribution is 6.51. The predicted molar refractivity (Wildman–Crippen MR) is 130 cm³/mol. The number of aryl methyl sites for hydroxylation is 2. The first-order valence-corrected chi connectivity index (χ1v) is 11.0. The number of nitrogens with zero attached hydrogens (tertiary/aromatic N) is 2. The Morgan fingerprint density at radius 3 is 2.30 bits per heavy atom. The lowest BCUT2D eigenvalue weighted by Gasteiger charge is -2.25. The van der Waals surface area contributed by atoms with E-state index in [1.165, 1.54) is 4.90 Å². The third-order valence-corrected chi connectivity index (χ3v) is 6.12. The highest BCUT2D eigenvalue weighted by atomic mass is 16.3.